The van der Waals surface area contributed by atoms with Gasteiger partial charge in [-0.15, -0.1) is 0 Å². The van der Waals surface area contributed by atoms with Gasteiger partial charge in [0.2, 0.25) is 11.8 Å². The van der Waals surface area contributed by atoms with Crippen LogP contribution in [0.15, 0.2) is 24.3 Å². The number of likely N-dealkylation sites (N-methyl/N-ethyl adjacent to an activating group) is 1. The number of nitrogens with zero attached hydrogens (tertiary/aromatic N) is 4. The van der Waals surface area contributed by atoms with E-state index in [4.69, 9.17) is 9.47 Å². The smallest absolute Gasteiger partial charge is 0.409 e. The third-order valence-electron chi connectivity index (χ3n) is 7.92. The number of aromatic nitrogens is 1. The molecule has 47 heavy (non-hydrogen) atoms. The number of carbonyl (C=O) groups excluding carboxylic acids is 5. The number of carboxylic acids is 1. The molecule has 0 aliphatic carbocycles. The summed E-state index contributed by atoms with van der Waals surface area (Å²) in [5.41, 5.74) is -0.211. The zero-order valence-corrected chi connectivity index (χ0v) is 26.3. The molecule has 3 N–H and O–H groups in total. The Hall–Kier alpha value is -5.02. The number of nitrogens with one attached hydrogen (secondary N) is 2. The number of hydrogen-bond acceptors (Lipinski definition) is 9. The van der Waals surface area contributed by atoms with Crippen molar-refractivity contribution in [3.63, 3.8) is 0 Å². The molecule has 15 nitrogen and oxygen atoms in total. The summed E-state index contributed by atoms with van der Waals surface area (Å²) in [6.45, 7) is 4.58. The van der Waals surface area contributed by atoms with E-state index in [1.54, 1.807) is 13.8 Å². The molecule has 2 saturated heterocycles. The molecule has 2 atom stereocenters. The highest BCUT2D eigenvalue weighted by atomic mass is 19.1. The molecule has 254 valence electrons. The highest BCUT2D eigenvalue weighted by Gasteiger charge is 2.34. The topological polar surface area (TPSA) is 188 Å². The van der Waals surface area contributed by atoms with Crippen molar-refractivity contribution in [3.8, 4) is 5.75 Å². The molecule has 5 amide bonds. The van der Waals surface area contributed by atoms with E-state index in [-0.39, 0.29) is 67.5 Å². The van der Waals surface area contributed by atoms with E-state index in [1.165, 1.54) is 32.9 Å². The average molecular weight is 659 g/mol. The number of amides is 5. The maximum absolute atomic E-state index is 15.0. The standard InChI is InChI=1S/C31H39FN6O9/c1-3-33-29(43)23-9-6-12-38(23)25(39)18-47-24-17-22(34-20-8-5-7-19(32)27(20)24)28(42)35-21(10-11-26(40)41)30(44)36-13-15-37(16-14-36)31(45)46-4-2/h5,7-8,17,21,23H,3-4,6,9-16,18H2,1-2H3,(H,33,43)(H,35,42)(H,40,41)/t21-,23-/m0/s1. The number of pyridine rings is 1. The van der Waals surface area contributed by atoms with Gasteiger partial charge in [0.1, 0.15) is 29.3 Å². The molecule has 0 radical (unpaired) electrons. The first-order valence-electron chi connectivity index (χ1n) is 15.6. The average Bonchev–Trinajstić information content (AvgIpc) is 3.56. The molecule has 0 unspecified atom stereocenters. The van der Waals surface area contributed by atoms with Crippen LogP contribution in [0.25, 0.3) is 10.9 Å². The van der Waals surface area contributed by atoms with Crippen LogP contribution in [-0.2, 0) is 23.9 Å². The predicted octanol–water partition coefficient (Wildman–Crippen LogP) is 1.14. The van der Waals surface area contributed by atoms with Gasteiger partial charge in [0.05, 0.1) is 17.5 Å². The van der Waals surface area contributed by atoms with Crippen LogP contribution in [-0.4, -0.2) is 125 Å². The van der Waals surface area contributed by atoms with Gasteiger partial charge in [-0.05, 0) is 45.2 Å². The van der Waals surface area contributed by atoms with Crippen molar-refractivity contribution in [2.24, 2.45) is 0 Å². The van der Waals surface area contributed by atoms with Crippen molar-refractivity contribution >= 4 is 46.6 Å². The van der Waals surface area contributed by atoms with Crippen LogP contribution in [0.2, 0.25) is 0 Å². The number of hydrogen-bond donors (Lipinski definition) is 3. The first-order chi connectivity index (χ1) is 22.5. The van der Waals surface area contributed by atoms with Gasteiger partial charge in [0.25, 0.3) is 11.8 Å². The van der Waals surface area contributed by atoms with E-state index in [0.29, 0.717) is 25.9 Å². The van der Waals surface area contributed by atoms with E-state index in [0.717, 1.165) is 6.07 Å². The van der Waals surface area contributed by atoms with E-state index in [9.17, 15) is 38.3 Å². The van der Waals surface area contributed by atoms with Gasteiger partial charge in [-0.25, -0.2) is 14.2 Å². The maximum Gasteiger partial charge on any atom is 0.409 e. The Labute approximate surface area is 270 Å². The van der Waals surface area contributed by atoms with Gasteiger partial charge < -0.3 is 39.9 Å². The zero-order chi connectivity index (χ0) is 34.1. The minimum absolute atomic E-state index is 0.0463. The highest BCUT2D eigenvalue weighted by molar-refractivity contribution is 5.99. The third-order valence-corrected chi connectivity index (χ3v) is 7.92. The van der Waals surface area contributed by atoms with Gasteiger partial charge >= 0.3 is 12.1 Å². The molecule has 0 spiro atoms. The molecule has 2 aliphatic heterocycles. The van der Waals surface area contributed by atoms with Crippen molar-refractivity contribution < 1.29 is 47.7 Å². The van der Waals surface area contributed by atoms with Gasteiger partial charge in [0, 0.05) is 51.8 Å². The van der Waals surface area contributed by atoms with E-state index < -0.39 is 60.7 Å². The number of carbonyl (C=O) groups is 6. The summed E-state index contributed by atoms with van der Waals surface area (Å²) in [5, 5.41) is 14.5. The SMILES string of the molecule is CCNC(=O)[C@@H]1CCCN1C(=O)COc1cc(C(=O)N[C@@H](CCC(=O)O)C(=O)N2CCN(C(=O)OCC)CC2)nc2cccc(F)c12. The number of likely N-dealkylation sites (tertiary alicyclic amines) is 1. The van der Waals surface area contributed by atoms with Crippen LogP contribution in [0, 0.1) is 5.82 Å². The molecular weight excluding hydrogens is 619 g/mol. The molecule has 0 bridgehead atoms. The number of carboxylic acid groups (broad SMARTS) is 1. The Kier molecular flexibility index (Phi) is 11.9. The van der Waals surface area contributed by atoms with E-state index in [2.05, 4.69) is 15.6 Å². The van der Waals surface area contributed by atoms with Gasteiger partial charge in [-0.2, -0.15) is 0 Å². The Bertz CT molecular complexity index is 1510. The van der Waals surface area contributed by atoms with Crippen molar-refractivity contribution in [1.29, 1.82) is 0 Å². The lowest BCUT2D eigenvalue weighted by molar-refractivity contribution is -0.139. The second kappa shape index (κ2) is 16.0. The molecule has 2 aliphatic rings. The summed E-state index contributed by atoms with van der Waals surface area (Å²) < 4.78 is 25.7. The fraction of sp³-hybridized carbons (Fsp3) is 0.516. The van der Waals surface area contributed by atoms with Gasteiger partial charge in [0.15, 0.2) is 6.61 Å². The van der Waals surface area contributed by atoms with Crippen LogP contribution in [0.1, 0.15) is 50.0 Å². The molecule has 1 aromatic carbocycles. The lowest BCUT2D eigenvalue weighted by atomic mass is 10.1. The number of halogens is 1. The minimum Gasteiger partial charge on any atom is -0.483 e. The molecule has 4 rings (SSSR count). The van der Waals surface area contributed by atoms with E-state index >= 15 is 0 Å². The van der Waals surface area contributed by atoms with Crippen LogP contribution < -0.4 is 15.4 Å². The van der Waals surface area contributed by atoms with Gasteiger partial charge in [-0.1, -0.05) is 6.07 Å². The molecule has 16 heteroatoms. The quantitative estimate of drug-likeness (QED) is 0.299. The van der Waals surface area contributed by atoms with Crippen molar-refractivity contribution in [2.75, 3.05) is 52.5 Å². The van der Waals surface area contributed by atoms with Crippen molar-refractivity contribution in [2.45, 2.75) is 51.6 Å². The molecule has 2 aromatic rings. The Morgan fingerprint density at radius 2 is 1.79 bits per heavy atom. The van der Waals surface area contributed by atoms with Crippen LogP contribution in [0.3, 0.4) is 0 Å². The predicted molar refractivity (Wildman–Crippen MR) is 164 cm³/mol. The van der Waals surface area contributed by atoms with Crippen LogP contribution >= 0.6 is 0 Å². The number of benzene rings is 1. The number of ether oxygens (including phenoxy) is 2. The first-order valence-corrected chi connectivity index (χ1v) is 15.6. The summed E-state index contributed by atoms with van der Waals surface area (Å²) in [6.07, 6.45) is -0.0117. The minimum atomic E-state index is -1.25. The summed E-state index contributed by atoms with van der Waals surface area (Å²) in [4.78, 5) is 84.4. The van der Waals surface area contributed by atoms with E-state index in [1.807, 2.05) is 0 Å². The summed E-state index contributed by atoms with van der Waals surface area (Å²) >= 11 is 0. The highest BCUT2D eigenvalue weighted by Crippen LogP contribution is 2.29. The monoisotopic (exact) mass is 658 g/mol. The number of fused-ring (bicyclic) bond motifs is 1. The van der Waals surface area contributed by atoms with Crippen molar-refractivity contribution in [1.82, 2.24) is 30.3 Å². The fourth-order valence-electron chi connectivity index (χ4n) is 5.59. The Morgan fingerprint density at radius 1 is 1.06 bits per heavy atom. The largest absolute Gasteiger partial charge is 0.483 e. The second-order valence-electron chi connectivity index (χ2n) is 11.0. The summed E-state index contributed by atoms with van der Waals surface area (Å²) in [7, 11) is 0. The maximum atomic E-state index is 15.0. The Morgan fingerprint density at radius 3 is 2.47 bits per heavy atom. The molecule has 3 heterocycles. The lowest BCUT2D eigenvalue weighted by Gasteiger charge is -2.35. The lowest BCUT2D eigenvalue weighted by Crippen LogP contribution is -2.56. The molecule has 0 saturated carbocycles. The number of aliphatic carboxylic acids is 1. The van der Waals surface area contributed by atoms with Gasteiger partial charge in [-0.3, -0.25) is 24.0 Å². The second-order valence-corrected chi connectivity index (χ2v) is 11.0. The van der Waals surface area contributed by atoms with Crippen LogP contribution in [0.5, 0.6) is 5.75 Å². The third kappa shape index (κ3) is 8.62. The fourth-order valence-corrected chi connectivity index (χ4v) is 5.59. The number of rotatable bonds is 12. The summed E-state index contributed by atoms with van der Waals surface area (Å²) in [6, 6.07) is 3.27. The Balaban J connectivity index is 1.52. The molecule has 2 fully saturated rings. The normalized spacial score (nSPS) is 16.8. The zero-order valence-electron chi connectivity index (χ0n) is 26.3. The van der Waals surface area contributed by atoms with Crippen molar-refractivity contribution in [3.05, 3.63) is 35.8 Å². The molecule has 1 aromatic heterocycles. The first kappa shape index (κ1) is 34.8. The number of piperazine rings is 1. The summed E-state index contributed by atoms with van der Waals surface area (Å²) in [5.74, 6) is -4.18. The van der Waals surface area contributed by atoms with Crippen LogP contribution in [0.4, 0.5) is 9.18 Å². The molecular formula is C31H39FN6O9.